The van der Waals surface area contributed by atoms with Gasteiger partial charge in [0.05, 0.1) is 39.6 Å². The number of amides is 2. The Morgan fingerprint density at radius 2 is 1.74 bits per heavy atom. The molecule has 0 spiro atoms. The minimum Gasteiger partial charge on any atom is -0.493 e. The average Bonchev–Trinajstić information content (AvgIpc) is 2.96. The molecule has 0 bridgehead atoms. The van der Waals surface area contributed by atoms with Gasteiger partial charge in [-0.1, -0.05) is 33.8 Å². The molecule has 1 aliphatic heterocycles. The third kappa shape index (κ3) is 12.6. The lowest BCUT2D eigenvalue weighted by Gasteiger charge is -2.30. The third-order valence-electron chi connectivity index (χ3n) is 7.90. The first-order valence-electron chi connectivity index (χ1n) is 14.9. The number of halogens is 1. The normalized spacial score (nSPS) is 16.4. The fourth-order valence-corrected chi connectivity index (χ4v) is 5.08. The van der Waals surface area contributed by atoms with Crippen LogP contribution in [0.2, 0.25) is 0 Å². The van der Waals surface area contributed by atoms with Crippen LogP contribution in [0, 0.1) is 23.7 Å². The summed E-state index contributed by atoms with van der Waals surface area (Å²) in [6.45, 7) is 11.4. The number of ether oxygens (including phenoxy) is 4. The zero-order chi connectivity index (χ0) is 30.4. The Kier molecular flexibility index (Phi) is 18.0. The molecule has 10 nitrogen and oxygen atoms in total. The van der Waals surface area contributed by atoms with Crippen molar-refractivity contribution in [2.45, 2.75) is 65.5 Å². The van der Waals surface area contributed by atoms with Gasteiger partial charge < -0.3 is 40.0 Å². The maximum absolute atomic E-state index is 13.0. The van der Waals surface area contributed by atoms with E-state index in [4.69, 9.17) is 24.7 Å². The van der Waals surface area contributed by atoms with Crippen molar-refractivity contribution in [2.24, 2.45) is 29.4 Å². The summed E-state index contributed by atoms with van der Waals surface area (Å²) < 4.78 is 21.8. The monoisotopic (exact) mass is 615 g/mol. The van der Waals surface area contributed by atoms with Crippen LogP contribution in [0.3, 0.4) is 0 Å². The van der Waals surface area contributed by atoms with Crippen LogP contribution in [-0.2, 0) is 25.5 Å². The molecule has 0 unspecified atom stereocenters. The Morgan fingerprint density at radius 1 is 1.05 bits per heavy atom. The van der Waals surface area contributed by atoms with Crippen LogP contribution in [0.25, 0.3) is 0 Å². The summed E-state index contributed by atoms with van der Waals surface area (Å²) in [7, 11) is 3.30. The zero-order valence-electron chi connectivity index (χ0n) is 26.3. The molecule has 1 fully saturated rings. The van der Waals surface area contributed by atoms with Crippen LogP contribution >= 0.6 is 12.4 Å². The molecule has 4 N–H and O–H groups in total. The maximum Gasteiger partial charge on any atom is 0.242 e. The highest BCUT2D eigenvalue weighted by atomic mass is 35.5. The number of carbonyl (C=O) groups is 2. The number of carbonyl (C=O) groups excluding carboxylic acids is 2. The van der Waals surface area contributed by atoms with Crippen molar-refractivity contribution < 1.29 is 33.6 Å². The number of aliphatic hydroxyl groups is 1. The molecule has 11 heteroatoms. The van der Waals surface area contributed by atoms with Gasteiger partial charge in [-0.3, -0.25) is 9.59 Å². The number of nitrogens with zero attached hydrogens (tertiary/aromatic N) is 1. The standard InChI is InChI=1S/C31H53N3O7.ClH/c1-21(2)24(16-23-8-9-28(39-6)29(17-23)41-13-7-12-38-5)18-26(32)27(35)19-25(22(3)4)31(37)33-20-30(36)34-10-14-40-15-11-34;/h8-9,17,21-22,24-27,35H,7,10-16,18-20,32H2,1-6H3,(H,33,37);1H/t24-,25-,26-,27-;/m0./s1. The summed E-state index contributed by atoms with van der Waals surface area (Å²) in [6.07, 6.45) is 1.55. The van der Waals surface area contributed by atoms with Crippen LogP contribution in [0.1, 0.15) is 52.5 Å². The van der Waals surface area contributed by atoms with E-state index in [0.29, 0.717) is 63.4 Å². The smallest absolute Gasteiger partial charge is 0.242 e. The first-order valence-corrected chi connectivity index (χ1v) is 14.9. The summed E-state index contributed by atoms with van der Waals surface area (Å²) in [4.78, 5) is 27.2. The highest BCUT2D eigenvalue weighted by molar-refractivity contribution is 5.86. The van der Waals surface area contributed by atoms with Gasteiger partial charge in [0.2, 0.25) is 11.8 Å². The molecule has 2 amide bonds. The van der Waals surface area contributed by atoms with E-state index in [2.05, 4.69) is 19.2 Å². The molecule has 42 heavy (non-hydrogen) atoms. The molecule has 0 aromatic heterocycles. The van der Waals surface area contributed by atoms with Crippen molar-refractivity contribution in [1.29, 1.82) is 0 Å². The Labute approximate surface area is 258 Å². The number of morpholine rings is 1. The predicted molar refractivity (Wildman–Crippen MR) is 166 cm³/mol. The number of nitrogens with one attached hydrogen (secondary N) is 1. The van der Waals surface area contributed by atoms with E-state index in [1.54, 1.807) is 19.1 Å². The molecule has 1 saturated heterocycles. The minimum absolute atomic E-state index is 0. The molecule has 0 aliphatic carbocycles. The van der Waals surface area contributed by atoms with Crippen molar-refractivity contribution in [3.63, 3.8) is 0 Å². The van der Waals surface area contributed by atoms with E-state index in [1.807, 2.05) is 32.0 Å². The zero-order valence-corrected chi connectivity index (χ0v) is 27.1. The van der Waals surface area contributed by atoms with Crippen LogP contribution < -0.4 is 20.5 Å². The summed E-state index contributed by atoms with van der Waals surface area (Å²) in [5, 5.41) is 13.9. The molecule has 1 heterocycles. The molecule has 1 aliphatic rings. The molecule has 1 aromatic carbocycles. The number of aliphatic hydroxyl groups excluding tert-OH is 1. The lowest BCUT2D eigenvalue weighted by molar-refractivity contribution is -0.137. The Morgan fingerprint density at radius 3 is 2.33 bits per heavy atom. The van der Waals surface area contributed by atoms with Crippen LogP contribution in [0.5, 0.6) is 11.5 Å². The lowest BCUT2D eigenvalue weighted by Crippen LogP contribution is -2.47. The Bertz CT molecular complexity index is 928. The molecular weight excluding hydrogens is 562 g/mol. The van der Waals surface area contributed by atoms with Gasteiger partial charge in [-0.25, -0.2) is 0 Å². The maximum atomic E-state index is 13.0. The Balaban J connectivity index is 0.00000882. The SMILES string of the molecule is COCCCOc1cc(C[C@@H](C[C@H](N)[C@@H](O)C[C@H](C(=O)NCC(=O)N2CCOCC2)C(C)C)C(C)C)ccc1OC.Cl. The second-order valence-corrected chi connectivity index (χ2v) is 11.7. The first-order chi connectivity index (χ1) is 19.6. The number of methoxy groups -OCH3 is 2. The van der Waals surface area contributed by atoms with Crippen molar-refractivity contribution in [3.8, 4) is 11.5 Å². The van der Waals surface area contributed by atoms with Crippen molar-refractivity contribution >= 4 is 24.2 Å². The highest BCUT2D eigenvalue weighted by Crippen LogP contribution is 2.31. The van der Waals surface area contributed by atoms with Gasteiger partial charge in [0.1, 0.15) is 0 Å². The van der Waals surface area contributed by atoms with E-state index >= 15 is 0 Å². The summed E-state index contributed by atoms with van der Waals surface area (Å²) in [5.74, 6) is 1.11. The highest BCUT2D eigenvalue weighted by Gasteiger charge is 2.30. The molecular formula is C31H54ClN3O7. The third-order valence-corrected chi connectivity index (χ3v) is 7.90. The van der Waals surface area contributed by atoms with Gasteiger partial charge in [0.25, 0.3) is 0 Å². The first kappa shape index (κ1) is 37.9. The molecule has 0 radical (unpaired) electrons. The molecule has 242 valence electrons. The van der Waals surface area contributed by atoms with Gasteiger partial charge in [0, 0.05) is 45.2 Å². The lowest BCUT2D eigenvalue weighted by atomic mass is 9.81. The van der Waals surface area contributed by atoms with Crippen LogP contribution in [0.4, 0.5) is 0 Å². The number of nitrogens with two attached hydrogens (primary N) is 1. The summed E-state index contributed by atoms with van der Waals surface area (Å²) >= 11 is 0. The van der Waals surface area contributed by atoms with Crippen molar-refractivity contribution in [3.05, 3.63) is 23.8 Å². The number of hydrogen-bond acceptors (Lipinski definition) is 8. The molecule has 2 rings (SSSR count). The minimum atomic E-state index is -0.847. The largest absolute Gasteiger partial charge is 0.493 e. The second kappa shape index (κ2) is 20.0. The van der Waals surface area contributed by atoms with Gasteiger partial charge >= 0.3 is 0 Å². The van der Waals surface area contributed by atoms with Crippen LogP contribution in [0.15, 0.2) is 18.2 Å². The van der Waals surface area contributed by atoms with E-state index in [-0.39, 0.29) is 49.0 Å². The predicted octanol–water partition coefficient (Wildman–Crippen LogP) is 3.06. The fraction of sp³-hybridized carbons (Fsp3) is 0.742. The van der Waals surface area contributed by atoms with E-state index in [1.165, 1.54) is 0 Å². The average molecular weight is 616 g/mol. The van der Waals surface area contributed by atoms with Crippen molar-refractivity contribution in [1.82, 2.24) is 10.2 Å². The van der Waals surface area contributed by atoms with Crippen molar-refractivity contribution in [2.75, 3.05) is 60.3 Å². The quantitative estimate of drug-likeness (QED) is 0.215. The fourth-order valence-electron chi connectivity index (χ4n) is 5.08. The van der Waals surface area contributed by atoms with E-state index in [0.717, 1.165) is 18.4 Å². The van der Waals surface area contributed by atoms with Gasteiger partial charge in [-0.2, -0.15) is 0 Å². The number of benzene rings is 1. The topological polar surface area (TPSA) is 133 Å². The molecule has 4 atom stereocenters. The number of rotatable bonds is 18. The number of hydrogen-bond donors (Lipinski definition) is 3. The van der Waals surface area contributed by atoms with Gasteiger partial charge in [0.15, 0.2) is 11.5 Å². The van der Waals surface area contributed by atoms with E-state index in [9.17, 15) is 14.7 Å². The van der Waals surface area contributed by atoms with Crippen LogP contribution in [-0.4, -0.2) is 94.2 Å². The second-order valence-electron chi connectivity index (χ2n) is 11.7. The molecule has 0 saturated carbocycles. The van der Waals surface area contributed by atoms with Gasteiger partial charge in [-0.05, 0) is 54.7 Å². The summed E-state index contributed by atoms with van der Waals surface area (Å²) in [6, 6.07) is 5.48. The van der Waals surface area contributed by atoms with E-state index < -0.39 is 18.1 Å². The van der Waals surface area contributed by atoms with Gasteiger partial charge in [-0.15, -0.1) is 12.4 Å². The molecule has 1 aromatic rings. The Hall–Kier alpha value is -2.11. The summed E-state index contributed by atoms with van der Waals surface area (Å²) in [5.41, 5.74) is 7.65.